The van der Waals surface area contributed by atoms with E-state index in [0.717, 1.165) is 11.1 Å². The number of hydrogen-bond donors (Lipinski definition) is 2. The fourth-order valence-corrected chi connectivity index (χ4v) is 4.51. The molecule has 2 N–H and O–H groups in total. The second kappa shape index (κ2) is 12.9. The van der Waals surface area contributed by atoms with E-state index in [1.54, 1.807) is 76.9 Å². The van der Waals surface area contributed by atoms with Gasteiger partial charge in [0.15, 0.2) is 11.4 Å². The number of benzene rings is 2. The molecule has 0 fully saturated rings. The van der Waals surface area contributed by atoms with Gasteiger partial charge in [0, 0.05) is 30.3 Å². The molecule has 2 aromatic rings. The largest absolute Gasteiger partial charge is 0.493 e. The van der Waals surface area contributed by atoms with E-state index < -0.39 is 22.6 Å². The van der Waals surface area contributed by atoms with E-state index in [1.165, 1.54) is 0 Å². The molecule has 3 rings (SSSR count). The van der Waals surface area contributed by atoms with Gasteiger partial charge in [-0.3, -0.25) is 15.0 Å². The van der Waals surface area contributed by atoms with Crippen molar-refractivity contribution in [1.29, 1.82) is 5.41 Å². The van der Waals surface area contributed by atoms with Gasteiger partial charge in [0.05, 0.1) is 18.7 Å². The van der Waals surface area contributed by atoms with Gasteiger partial charge in [-0.05, 0) is 82.9 Å². The minimum Gasteiger partial charge on any atom is -0.493 e. The highest BCUT2D eigenvalue weighted by molar-refractivity contribution is 8.93. The van der Waals surface area contributed by atoms with Crippen LogP contribution in [-0.4, -0.2) is 59.8 Å². The molecule has 0 aliphatic carbocycles. The lowest BCUT2D eigenvalue weighted by Gasteiger charge is -2.32. The van der Waals surface area contributed by atoms with Gasteiger partial charge < -0.3 is 24.4 Å². The van der Waals surface area contributed by atoms with E-state index in [4.69, 9.17) is 19.6 Å². The average Bonchev–Trinajstić information content (AvgIpc) is 3.15. The van der Waals surface area contributed by atoms with E-state index in [-0.39, 0.29) is 41.1 Å². The van der Waals surface area contributed by atoms with Gasteiger partial charge in [-0.1, -0.05) is 20.8 Å². The molecule has 0 spiro atoms. The molecule has 0 bridgehead atoms. The Kier molecular flexibility index (Phi) is 10.6. The van der Waals surface area contributed by atoms with Gasteiger partial charge in [-0.2, -0.15) is 0 Å². The first-order chi connectivity index (χ1) is 18.9. The van der Waals surface area contributed by atoms with Crippen molar-refractivity contribution in [2.75, 3.05) is 20.2 Å². The lowest BCUT2D eigenvalue weighted by molar-refractivity contribution is -0.171. The smallest absolute Gasteiger partial charge is 0.350 e. The van der Waals surface area contributed by atoms with Crippen LogP contribution < -0.4 is 14.8 Å². The van der Waals surface area contributed by atoms with Crippen LogP contribution in [-0.2, 0) is 21.5 Å². The predicted molar refractivity (Wildman–Crippen MR) is 169 cm³/mol. The number of nitrogens with zero attached hydrogens (tertiary/aromatic N) is 1. The van der Waals surface area contributed by atoms with E-state index in [1.807, 2.05) is 27.7 Å². The maximum Gasteiger partial charge on any atom is 0.350 e. The third kappa shape index (κ3) is 7.91. The molecule has 2 aromatic carbocycles. The standard InChI is InChI=1S/C32H43N3O6.BrH/c1-11-39-26-15-20-17-35(27(33)21(20)16-22(26)28(37)34-10)18-24(36)19-12-13-25(23(14-19)30(2,3)4)40-32(8,9)29(38)41-31(5,6)7;/h12-16,33H,11,17-18H2,1-10H3,(H,34,37);1H. The monoisotopic (exact) mass is 645 g/mol. The van der Waals surface area contributed by atoms with Crippen molar-refractivity contribution < 1.29 is 28.6 Å². The van der Waals surface area contributed by atoms with E-state index in [0.29, 0.717) is 41.3 Å². The fraction of sp³-hybridized carbons (Fsp3) is 0.500. The number of amidine groups is 1. The first kappa shape index (κ1) is 34.8. The summed E-state index contributed by atoms with van der Waals surface area (Å²) in [7, 11) is 1.54. The summed E-state index contributed by atoms with van der Waals surface area (Å²) in [6.45, 7) is 17.3. The summed E-state index contributed by atoms with van der Waals surface area (Å²) in [5, 5.41) is 11.3. The topological polar surface area (TPSA) is 118 Å². The van der Waals surface area contributed by atoms with Crippen LogP contribution in [0.4, 0.5) is 0 Å². The minimum atomic E-state index is -1.25. The lowest BCUT2D eigenvalue weighted by atomic mass is 9.84. The van der Waals surface area contributed by atoms with E-state index in [2.05, 4.69) is 5.32 Å². The fourth-order valence-electron chi connectivity index (χ4n) is 4.51. The first-order valence-corrected chi connectivity index (χ1v) is 13.8. The summed E-state index contributed by atoms with van der Waals surface area (Å²) in [5.41, 5.74) is 0.731. The van der Waals surface area contributed by atoms with Crippen LogP contribution in [0.25, 0.3) is 0 Å². The quantitative estimate of drug-likeness (QED) is 0.260. The van der Waals surface area contributed by atoms with E-state index in [9.17, 15) is 14.4 Å². The molecule has 1 heterocycles. The number of halogens is 1. The number of amides is 1. The second-order valence-electron chi connectivity index (χ2n) is 12.7. The predicted octanol–water partition coefficient (Wildman–Crippen LogP) is 5.84. The number of esters is 1. The SMILES string of the molecule is Br.CCOc1cc2c(cc1C(=O)NC)C(=N)N(CC(=O)c1ccc(OC(C)(C)C(=O)OC(C)(C)C)c(C(C)(C)C)c1)C2. The molecular weight excluding hydrogens is 602 g/mol. The number of Topliss-reactive ketones (excluding diaryl/α,β-unsaturated/α-hetero) is 1. The van der Waals surface area contributed by atoms with Crippen molar-refractivity contribution in [2.24, 2.45) is 0 Å². The Hall–Kier alpha value is -3.40. The van der Waals surface area contributed by atoms with Crippen molar-refractivity contribution in [3.05, 3.63) is 58.1 Å². The van der Waals surface area contributed by atoms with Gasteiger partial charge >= 0.3 is 5.97 Å². The van der Waals surface area contributed by atoms with Crippen LogP contribution in [0.5, 0.6) is 11.5 Å². The summed E-state index contributed by atoms with van der Waals surface area (Å²) < 4.78 is 17.4. The lowest BCUT2D eigenvalue weighted by Crippen LogP contribution is -2.43. The number of rotatable bonds is 9. The molecule has 1 aliphatic rings. The number of carbonyl (C=O) groups is 3. The Morgan fingerprint density at radius 3 is 2.17 bits per heavy atom. The molecule has 1 aliphatic heterocycles. The maximum atomic E-state index is 13.5. The number of ether oxygens (including phenoxy) is 3. The summed E-state index contributed by atoms with van der Waals surface area (Å²) in [6, 6.07) is 8.63. The second-order valence-corrected chi connectivity index (χ2v) is 12.7. The highest BCUT2D eigenvalue weighted by Crippen LogP contribution is 2.36. The van der Waals surface area contributed by atoms with Crippen LogP contribution in [0.3, 0.4) is 0 Å². The molecular formula is C32H44BrN3O6. The Labute approximate surface area is 259 Å². The summed E-state index contributed by atoms with van der Waals surface area (Å²) in [5.74, 6) is 0.177. The zero-order valence-electron chi connectivity index (χ0n) is 26.3. The molecule has 1 amide bonds. The number of fused-ring (bicyclic) bond motifs is 1. The molecule has 0 aromatic heterocycles. The minimum absolute atomic E-state index is 0. The normalized spacial score (nSPS) is 13.2. The Morgan fingerprint density at radius 1 is 0.976 bits per heavy atom. The van der Waals surface area contributed by atoms with Crippen LogP contribution in [0.1, 0.15) is 99.7 Å². The van der Waals surface area contributed by atoms with Crippen molar-refractivity contribution in [2.45, 2.75) is 85.5 Å². The Bertz CT molecular complexity index is 1370. The zero-order valence-corrected chi connectivity index (χ0v) is 28.0. The van der Waals surface area contributed by atoms with Crippen LogP contribution >= 0.6 is 17.0 Å². The van der Waals surface area contributed by atoms with Gasteiger partial charge in [-0.25, -0.2) is 4.79 Å². The number of ketones is 1. The highest BCUT2D eigenvalue weighted by atomic mass is 79.9. The molecule has 0 radical (unpaired) electrons. The molecule has 0 atom stereocenters. The number of hydrogen-bond acceptors (Lipinski definition) is 7. The third-order valence-electron chi connectivity index (χ3n) is 6.61. The molecule has 0 saturated carbocycles. The molecule has 9 nitrogen and oxygen atoms in total. The van der Waals surface area contributed by atoms with Crippen molar-refractivity contribution >= 4 is 40.5 Å². The number of carbonyl (C=O) groups excluding carboxylic acids is 3. The van der Waals surface area contributed by atoms with E-state index >= 15 is 0 Å². The molecule has 0 unspecified atom stereocenters. The van der Waals surface area contributed by atoms with Crippen LogP contribution in [0.15, 0.2) is 30.3 Å². The Morgan fingerprint density at radius 2 is 1.62 bits per heavy atom. The zero-order chi connectivity index (χ0) is 30.9. The molecule has 10 heteroatoms. The first-order valence-electron chi connectivity index (χ1n) is 13.8. The average molecular weight is 647 g/mol. The molecule has 42 heavy (non-hydrogen) atoms. The van der Waals surface area contributed by atoms with Gasteiger partial charge in [0.25, 0.3) is 5.91 Å². The molecule has 0 saturated heterocycles. The summed E-state index contributed by atoms with van der Waals surface area (Å²) in [4.78, 5) is 40.4. The summed E-state index contributed by atoms with van der Waals surface area (Å²) in [6.07, 6.45) is 0. The molecule has 230 valence electrons. The van der Waals surface area contributed by atoms with Crippen molar-refractivity contribution in [1.82, 2.24) is 10.2 Å². The van der Waals surface area contributed by atoms with Crippen LogP contribution in [0.2, 0.25) is 0 Å². The third-order valence-corrected chi connectivity index (χ3v) is 6.61. The highest BCUT2D eigenvalue weighted by Gasteiger charge is 2.36. The van der Waals surface area contributed by atoms with Crippen LogP contribution in [0, 0.1) is 5.41 Å². The number of nitrogens with one attached hydrogen (secondary N) is 2. The Balaban J connectivity index is 0.00000616. The van der Waals surface area contributed by atoms with Gasteiger partial charge in [0.2, 0.25) is 0 Å². The van der Waals surface area contributed by atoms with Crippen molar-refractivity contribution in [3.63, 3.8) is 0 Å². The van der Waals surface area contributed by atoms with Crippen molar-refractivity contribution in [3.8, 4) is 11.5 Å². The van der Waals surface area contributed by atoms with Gasteiger partial charge in [0.1, 0.15) is 22.9 Å². The summed E-state index contributed by atoms with van der Waals surface area (Å²) >= 11 is 0. The maximum absolute atomic E-state index is 13.5. The van der Waals surface area contributed by atoms with Gasteiger partial charge in [-0.15, -0.1) is 17.0 Å².